The van der Waals surface area contributed by atoms with Crippen LogP contribution in [0, 0.1) is 0 Å². The number of amides is 1. The first-order chi connectivity index (χ1) is 15.9. The first-order valence-electron chi connectivity index (χ1n) is 10.2. The second-order valence-electron chi connectivity index (χ2n) is 7.20. The molecule has 3 aromatic rings. The van der Waals surface area contributed by atoms with Gasteiger partial charge in [-0.15, -0.1) is 11.3 Å². The van der Waals surface area contributed by atoms with Crippen molar-refractivity contribution in [3.63, 3.8) is 0 Å². The minimum Gasteiger partial charge on any atom is -0.493 e. The number of fused-ring (bicyclic) bond motifs is 1. The molecule has 2 aromatic carbocycles. The molecule has 7 nitrogen and oxygen atoms in total. The van der Waals surface area contributed by atoms with E-state index in [4.69, 9.17) is 30.1 Å². The lowest BCUT2D eigenvalue weighted by atomic mass is 10.1. The van der Waals surface area contributed by atoms with Crippen molar-refractivity contribution in [1.29, 1.82) is 0 Å². The molecule has 1 unspecified atom stereocenters. The molecule has 0 aliphatic carbocycles. The van der Waals surface area contributed by atoms with Crippen molar-refractivity contribution in [2.45, 2.75) is 12.1 Å². The van der Waals surface area contributed by atoms with Gasteiger partial charge >= 0.3 is 7.60 Å². The van der Waals surface area contributed by atoms with Crippen LogP contribution in [0.1, 0.15) is 17.6 Å². The molecule has 1 atom stereocenters. The van der Waals surface area contributed by atoms with Gasteiger partial charge in [-0.05, 0) is 53.1 Å². The van der Waals surface area contributed by atoms with Crippen LogP contribution in [-0.2, 0) is 18.4 Å². The SMILES string of the molecule is C=CN(C(=O)C(c1csc2ccc(Cl)cc12)P1(=O)OCCCO1)c1cccc(OC)c1OC. The van der Waals surface area contributed by atoms with Gasteiger partial charge in [0, 0.05) is 15.9 Å². The van der Waals surface area contributed by atoms with E-state index >= 15 is 0 Å². The molecule has 10 heteroatoms. The molecule has 0 radical (unpaired) electrons. The van der Waals surface area contributed by atoms with Gasteiger partial charge in [0.25, 0.3) is 5.91 Å². The van der Waals surface area contributed by atoms with E-state index in [0.717, 1.165) is 10.1 Å². The molecule has 33 heavy (non-hydrogen) atoms. The molecule has 0 saturated carbocycles. The highest BCUT2D eigenvalue weighted by atomic mass is 35.5. The second-order valence-corrected chi connectivity index (χ2v) is 10.7. The maximum absolute atomic E-state index is 14.1. The number of nitrogens with zero attached hydrogens (tertiary/aromatic N) is 1. The van der Waals surface area contributed by atoms with Gasteiger partial charge < -0.3 is 18.5 Å². The molecule has 4 rings (SSSR count). The minimum absolute atomic E-state index is 0.237. The van der Waals surface area contributed by atoms with Gasteiger partial charge in [0.1, 0.15) is 0 Å². The molecule has 1 fully saturated rings. The third-order valence-electron chi connectivity index (χ3n) is 5.30. The standard InChI is InChI=1S/C23H23ClNO6PS/c1-4-25(18-7-5-8-19(28-2)21(18)29-3)23(26)22(32(27)30-11-6-12-31-32)17-14-33-20-10-9-15(24)13-16(17)20/h4-5,7-10,13-14,22H,1,6,11-12H2,2-3H3. The van der Waals surface area contributed by atoms with E-state index < -0.39 is 19.2 Å². The highest BCUT2D eigenvalue weighted by Gasteiger charge is 2.47. The Morgan fingerprint density at radius 2 is 2.00 bits per heavy atom. The number of halogens is 1. The monoisotopic (exact) mass is 507 g/mol. The molecule has 0 spiro atoms. The highest BCUT2D eigenvalue weighted by molar-refractivity contribution is 7.55. The summed E-state index contributed by atoms with van der Waals surface area (Å²) in [4.78, 5) is 15.4. The van der Waals surface area contributed by atoms with Gasteiger partial charge in [0.05, 0.1) is 33.1 Å². The molecular formula is C23H23ClNO6PS. The molecular weight excluding hydrogens is 485 g/mol. The fraction of sp³-hybridized carbons (Fsp3) is 0.261. The summed E-state index contributed by atoms with van der Waals surface area (Å²) in [5.41, 5.74) is -0.302. The van der Waals surface area contributed by atoms with E-state index in [0.29, 0.717) is 34.2 Å². The lowest BCUT2D eigenvalue weighted by Crippen LogP contribution is -2.32. The fourth-order valence-corrected chi connectivity index (χ4v) is 7.13. The average Bonchev–Trinajstić information content (AvgIpc) is 3.22. The Morgan fingerprint density at radius 3 is 2.67 bits per heavy atom. The number of para-hydroxylation sites is 1. The first-order valence-corrected chi connectivity index (χ1v) is 13.0. The number of carbonyl (C=O) groups is 1. The summed E-state index contributed by atoms with van der Waals surface area (Å²) in [5, 5.41) is 3.03. The Kier molecular flexibility index (Phi) is 7.12. The number of thiophene rings is 1. The number of ether oxygens (including phenoxy) is 2. The molecule has 1 aliphatic heterocycles. The molecule has 174 valence electrons. The van der Waals surface area contributed by atoms with E-state index in [-0.39, 0.29) is 13.2 Å². The van der Waals surface area contributed by atoms with Crippen LogP contribution in [-0.4, -0.2) is 33.3 Å². The second kappa shape index (κ2) is 9.87. The van der Waals surface area contributed by atoms with E-state index in [2.05, 4.69) is 6.58 Å². The van der Waals surface area contributed by atoms with Crippen LogP contribution in [0.25, 0.3) is 10.1 Å². The Labute approximate surface area is 201 Å². The van der Waals surface area contributed by atoms with Crippen LogP contribution in [0.5, 0.6) is 11.5 Å². The molecule has 1 amide bonds. The molecule has 1 aliphatic rings. The smallest absolute Gasteiger partial charge is 0.347 e. The summed E-state index contributed by atoms with van der Waals surface area (Å²) in [6.07, 6.45) is 1.94. The maximum atomic E-state index is 14.1. The molecule has 0 N–H and O–H groups in total. The zero-order valence-corrected chi connectivity index (χ0v) is 20.6. The Balaban J connectivity index is 1.89. The van der Waals surface area contributed by atoms with Crippen LogP contribution >= 0.6 is 30.5 Å². The number of anilines is 1. The fourth-order valence-electron chi connectivity index (χ4n) is 3.80. The topological polar surface area (TPSA) is 74.3 Å². The lowest BCUT2D eigenvalue weighted by Gasteiger charge is -2.32. The predicted molar refractivity (Wildman–Crippen MR) is 131 cm³/mol. The zero-order valence-electron chi connectivity index (χ0n) is 18.2. The largest absolute Gasteiger partial charge is 0.493 e. The number of hydrogen-bond donors (Lipinski definition) is 0. The third kappa shape index (κ3) is 4.42. The van der Waals surface area contributed by atoms with Gasteiger partial charge in [-0.25, -0.2) is 0 Å². The number of hydrogen-bond acceptors (Lipinski definition) is 7. The van der Waals surface area contributed by atoms with Crippen LogP contribution in [0.15, 0.2) is 54.6 Å². The number of methoxy groups -OCH3 is 2. The Hall–Kier alpha value is -2.35. The normalized spacial score (nSPS) is 16.2. The van der Waals surface area contributed by atoms with Gasteiger partial charge in [-0.2, -0.15) is 0 Å². The minimum atomic E-state index is -3.87. The van der Waals surface area contributed by atoms with Crippen molar-refractivity contribution in [2.24, 2.45) is 0 Å². The van der Waals surface area contributed by atoms with Gasteiger partial charge in [-0.1, -0.05) is 24.2 Å². The summed E-state index contributed by atoms with van der Waals surface area (Å²) in [5.74, 6) is 0.256. The van der Waals surface area contributed by atoms with E-state index in [1.54, 1.807) is 35.7 Å². The Morgan fingerprint density at radius 1 is 1.24 bits per heavy atom. The average molecular weight is 508 g/mol. The van der Waals surface area contributed by atoms with Crippen molar-refractivity contribution in [2.75, 3.05) is 32.3 Å². The first kappa shape index (κ1) is 23.8. The van der Waals surface area contributed by atoms with Crippen LogP contribution < -0.4 is 14.4 Å². The summed E-state index contributed by atoms with van der Waals surface area (Å²) < 4.78 is 37.0. The molecule has 1 aromatic heterocycles. The van der Waals surface area contributed by atoms with Crippen molar-refractivity contribution in [3.05, 3.63) is 65.1 Å². The van der Waals surface area contributed by atoms with Gasteiger partial charge in [-0.3, -0.25) is 14.3 Å². The van der Waals surface area contributed by atoms with Crippen LogP contribution in [0.4, 0.5) is 5.69 Å². The Bertz CT molecular complexity index is 1230. The molecule has 2 heterocycles. The summed E-state index contributed by atoms with van der Waals surface area (Å²) >= 11 is 7.67. The predicted octanol–water partition coefficient (Wildman–Crippen LogP) is 6.42. The van der Waals surface area contributed by atoms with Crippen LogP contribution in [0.2, 0.25) is 5.02 Å². The van der Waals surface area contributed by atoms with E-state index in [1.165, 1.54) is 36.7 Å². The lowest BCUT2D eigenvalue weighted by molar-refractivity contribution is -0.118. The summed E-state index contributed by atoms with van der Waals surface area (Å²) in [7, 11) is -0.877. The highest BCUT2D eigenvalue weighted by Crippen LogP contribution is 2.64. The quantitative estimate of drug-likeness (QED) is 0.343. The number of benzene rings is 2. The van der Waals surface area contributed by atoms with Crippen molar-refractivity contribution in [1.82, 2.24) is 0 Å². The van der Waals surface area contributed by atoms with Crippen molar-refractivity contribution < 1.29 is 27.9 Å². The number of carbonyl (C=O) groups excluding carboxylic acids is 1. The van der Waals surface area contributed by atoms with Gasteiger partial charge in [0.2, 0.25) is 0 Å². The third-order valence-corrected chi connectivity index (χ3v) is 8.74. The van der Waals surface area contributed by atoms with E-state index in [1.807, 2.05) is 6.07 Å². The van der Waals surface area contributed by atoms with Crippen LogP contribution in [0.3, 0.4) is 0 Å². The maximum Gasteiger partial charge on any atom is 0.347 e. The summed E-state index contributed by atoms with van der Waals surface area (Å²) in [6.45, 7) is 4.29. The molecule has 0 bridgehead atoms. The van der Waals surface area contributed by atoms with Gasteiger partial charge in [0.15, 0.2) is 17.2 Å². The number of rotatable bonds is 7. The zero-order chi connectivity index (χ0) is 23.6. The van der Waals surface area contributed by atoms with Crippen molar-refractivity contribution >= 4 is 52.2 Å². The van der Waals surface area contributed by atoms with E-state index in [9.17, 15) is 9.36 Å². The summed E-state index contributed by atoms with van der Waals surface area (Å²) in [6, 6.07) is 10.5. The molecule has 1 saturated heterocycles. The van der Waals surface area contributed by atoms with Crippen molar-refractivity contribution in [3.8, 4) is 11.5 Å².